The molecular weight excluding hydrogens is 456 g/mol. The van der Waals surface area contributed by atoms with Crippen LogP contribution in [0.1, 0.15) is 16.7 Å². The average Bonchev–Trinajstić information content (AvgIpc) is 2.80. The third-order valence-electron chi connectivity index (χ3n) is 4.55. The van der Waals surface area contributed by atoms with Gasteiger partial charge in [0, 0.05) is 16.4 Å². The van der Waals surface area contributed by atoms with Crippen LogP contribution in [0.25, 0.3) is 0 Å². The number of nitrogens with zero attached hydrogens (tertiary/aromatic N) is 1. The van der Waals surface area contributed by atoms with Crippen LogP contribution in [0.2, 0.25) is 5.02 Å². The summed E-state index contributed by atoms with van der Waals surface area (Å²) in [7, 11) is 0. The van der Waals surface area contributed by atoms with Gasteiger partial charge in [-0.25, -0.2) is 5.43 Å². The van der Waals surface area contributed by atoms with Crippen molar-refractivity contribution in [1.82, 2.24) is 5.43 Å². The topological polar surface area (TPSA) is 109 Å². The van der Waals surface area contributed by atoms with Gasteiger partial charge in [0.2, 0.25) is 0 Å². The quantitative estimate of drug-likeness (QED) is 0.270. The van der Waals surface area contributed by atoms with E-state index >= 15 is 0 Å². The molecule has 0 saturated carbocycles. The maximum atomic E-state index is 12.2. The van der Waals surface area contributed by atoms with Gasteiger partial charge in [-0.3, -0.25) is 14.4 Å². The Bertz CT molecular complexity index is 1240. The van der Waals surface area contributed by atoms with Gasteiger partial charge in [0.25, 0.3) is 5.91 Å². The molecule has 0 unspecified atom stereocenters. The van der Waals surface area contributed by atoms with Gasteiger partial charge in [0.05, 0.1) is 6.21 Å². The summed E-state index contributed by atoms with van der Waals surface area (Å²) in [5.74, 6) is -1.66. The Morgan fingerprint density at radius 3 is 2.50 bits per heavy atom. The summed E-state index contributed by atoms with van der Waals surface area (Å²) in [6.07, 6.45) is 1.35. The molecule has 8 nitrogen and oxygen atoms in total. The van der Waals surface area contributed by atoms with E-state index in [0.717, 1.165) is 16.8 Å². The van der Waals surface area contributed by atoms with E-state index in [1.165, 1.54) is 12.3 Å². The Hall–Kier alpha value is -4.17. The molecule has 3 aromatic rings. The number of nitrogens with one attached hydrogen (secondary N) is 3. The van der Waals surface area contributed by atoms with Crippen LogP contribution in [-0.2, 0) is 14.4 Å². The summed E-state index contributed by atoms with van der Waals surface area (Å²) >= 11 is 5.85. The van der Waals surface area contributed by atoms with E-state index in [1.807, 2.05) is 32.0 Å². The molecule has 0 aliphatic rings. The van der Waals surface area contributed by atoms with E-state index < -0.39 is 11.8 Å². The molecule has 0 atom stereocenters. The average molecular weight is 479 g/mol. The first-order valence-electron chi connectivity index (χ1n) is 10.3. The van der Waals surface area contributed by atoms with Crippen molar-refractivity contribution in [3.63, 3.8) is 0 Å². The van der Waals surface area contributed by atoms with Gasteiger partial charge >= 0.3 is 11.8 Å². The highest BCUT2D eigenvalue weighted by atomic mass is 35.5. The molecule has 0 heterocycles. The molecule has 3 amide bonds. The van der Waals surface area contributed by atoms with Crippen LogP contribution in [0.15, 0.2) is 71.8 Å². The zero-order valence-corrected chi connectivity index (χ0v) is 19.3. The van der Waals surface area contributed by atoms with Crippen LogP contribution >= 0.6 is 11.6 Å². The van der Waals surface area contributed by atoms with Gasteiger partial charge in [-0.2, -0.15) is 5.10 Å². The number of halogens is 1. The summed E-state index contributed by atoms with van der Waals surface area (Å²) in [6.45, 7) is 3.74. The number of aryl methyl sites for hydroxylation is 2. The molecule has 3 N–H and O–H groups in total. The molecule has 9 heteroatoms. The monoisotopic (exact) mass is 478 g/mol. The molecule has 0 fully saturated rings. The van der Waals surface area contributed by atoms with Gasteiger partial charge in [-0.15, -0.1) is 0 Å². The van der Waals surface area contributed by atoms with Crippen LogP contribution in [0, 0.1) is 13.8 Å². The number of benzene rings is 3. The number of amides is 3. The molecule has 0 aromatic heterocycles. The smallest absolute Gasteiger partial charge is 0.329 e. The number of ether oxygens (including phenoxy) is 1. The molecule has 3 rings (SSSR count). The fourth-order valence-corrected chi connectivity index (χ4v) is 3.13. The third-order valence-corrected chi connectivity index (χ3v) is 4.79. The first-order chi connectivity index (χ1) is 16.3. The van der Waals surface area contributed by atoms with Crippen molar-refractivity contribution in [2.45, 2.75) is 13.8 Å². The van der Waals surface area contributed by atoms with E-state index in [4.69, 9.17) is 16.3 Å². The van der Waals surface area contributed by atoms with Crippen molar-refractivity contribution in [2.75, 3.05) is 17.2 Å². The van der Waals surface area contributed by atoms with Gasteiger partial charge in [-0.1, -0.05) is 47.5 Å². The molecule has 0 radical (unpaired) electrons. The van der Waals surface area contributed by atoms with E-state index in [9.17, 15) is 14.4 Å². The van der Waals surface area contributed by atoms with Crippen molar-refractivity contribution in [3.05, 3.63) is 88.4 Å². The van der Waals surface area contributed by atoms with E-state index in [2.05, 4.69) is 21.2 Å². The highest BCUT2D eigenvalue weighted by Crippen LogP contribution is 2.17. The highest BCUT2D eigenvalue weighted by Gasteiger charge is 2.13. The summed E-state index contributed by atoms with van der Waals surface area (Å²) in [6, 6.07) is 19.0. The van der Waals surface area contributed by atoms with E-state index in [0.29, 0.717) is 22.0 Å². The molecular formula is C25H23ClN4O4. The van der Waals surface area contributed by atoms with Crippen molar-refractivity contribution >= 4 is 46.9 Å². The van der Waals surface area contributed by atoms with Gasteiger partial charge in [0.1, 0.15) is 5.75 Å². The largest absolute Gasteiger partial charge is 0.484 e. The number of hydrogen-bond donors (Lipinski definition) is 3. The normalized spacial score (nSPS) is 10.6. The zero-order chi connectivity index (χ0) is 24.5. The first-order valence-corrected chi connectivity index (χ1v) is 10.7. The lowest BCUT2D eigenvalue weighted by Crippen LogP contribution is -2.32. The van der Waals surface area contributed by atoms with E-state index in [1.54, 1.807) is 42.5 Å². The summed E-state index contributed by atoms with van der Waals surface area (Å²) < 4.78 is 5.55. The first kappa shape index (κ1) is 24.5. The predicted molar refractivity (Wildman–Crippen MR) is 132 cm³/mol. The van der Waals surface area contributed by atoms with Gasteiger partial charge in [0.15, 0.2) is 6.61 Å². The SMILES string of the molecule is Cc1ccc(NC(=O)COc2cccc(/C=N\NC(=O)C(=O)Nc3cccc(Cl)c3)c2)c(C)c1. The minimum atomic E-state index is -0.938. The molecule has 3 aromatic carbocycles. The minimum absolute atomic E-state index is 0.172. The number of rotatable bonds is 7. The van der Waals surface area contributed by atoms with Crippen LogP contribution in [-0.4, -0.2) is 30.5 Å². The Morgan fingerprint density at radius 2 is 1.74 bits per heavy atom. The van der Waals surface area contributed by atoms with Gasteiger partial charge < -0.3 is 15.4 Å². The number of carbonyl (C=O) groups is 3. The lowest BCUT2D eigenvalue weighted by Gasteiger charge is -2.10. The maximum absolute atomic E-state index is 12.2. The second-order valence-electron chi connectivity index (χ2n) is 7.39. The third kappa shape index (κ3) is 7.46. The molecule has 0 spiro atoms. The Morgan fingerprint density at radius 1 is 0.941 bits per heavy atom. The predicted octanol–water partition coefficient (Wildman–Crippen LogP) is 4.06. The summed E-state index contributed by atoms with van der Waals surface area (Å²) in [4.78, 5) is 36.1. The highest BCUT2D eigenvalue weighted by molar-refractivity contribution is 6.39. The van der Waals surface area contributed by atoms with Crippen molar-refractivity contribution < 1.29 is 19.1 Å². The molecule has 34 heavy (non-hydrogen) atoms. The molecule has 0 aliphatic heterocycles. The van der Waals surface area contributed by atoms with Crippen LogP contribution in [0.5, 0.6) is 5.75 Å². The number of carbonyl (C=O) groups excluding carboxylic acids is 3. The molecule has 0 bridgehead atoms. The Kier molecular flexibility index (Phi) is 8.37. The number of anilines is 2. The van der Waals surface area contributed by atoms with Gasteiger partial charge in [-0.05, 0) is 61.4 Å². The van der Waals surface area contributed by atoms with Crippen LogP contribution < -0.4 is 20.8 Å². The lowest BCUT2D eigenvalue weighted by molar-refractivity contribution is -0.136. The molecule has 0 aliphatic carbocycles. The fraction of sp³-hybridized carbons (Fsp3) is 0.120. The maximum Gasteiger partial charge on any atom is 0.329 e. The molecule has 174 valence electrons. The number of hydrogen-bond acceptors (Lipinski definition) is 5. The molecule has 0 saturated heterocycles. The zero-order valence-electron chi connectivity index (χ0n) is 18.6. The standard InChI is InChI=1S/C25H23ClN4O4/c1-16-9-10-22(17(2)11-16)29-23(31)15-34-21-8-3-5-18(12-21)14-27-30-25(33)24(32)28-20-7-4-6-19(26)13-20/h3-14H,15H2,1-2H3,(H,28,32)(H,29,31)(H,30,33)/b27-14-. The van der Waals surface area contributed by atoms with E-state index in [-0.39, 0.29) is 12.5 Å². The Labute approximate surface area is 202 Å². The second kappa shape index (κ2) is 11.6. The number of hydrazone groups is 1. The lowest BCUT2D eigenvalue weighted by atomic mass is 10.1. The summed E-state index contributed by atoms with van der Waals surface area (Å²) in [5, 5.41) is 9.46. The van der Waals surface area contributed by atoms with Crippen molar-refractivity contribution in [1.29, 1.82) is 0 Å². The fourth-order valence-electron chi connectivity index (χ4n) is 2.94. The van der Waals surface area contributed by atoms with Crippen molar-refractivity contribution in [3.8, 4) is 5.75 Å². The van der Waals surface area contributed by atoms with Crippen LogP contribution in [0.3, 0.4) is 0 Å². The van der Waals surface area contributed by atoms with Crippen molar-refractivity contribution in [2.24, 2.45) is 5.10 Å². The second-order valence-corrected chi connectivity index (χ2v) is 7.83. The van der Waals surface area contributed by atoms with Crippen LogP contribution in [0.4, 0.5) is 11.4 Å². The Balaban J connectivity index is 1.49. The minimum Gasteiger partial charge on any atom is -0.484 e. The summed E-state index contributed by atoms with van der Waals surface area (Å²) in [5.41, 5.74) is 5.96.